The normalized spacial score (nSPS) is 14.8. The van der Waals surface area contributed by atoms with E-state index >= 15 is 0 Å². The van der Waals surface area contributed by atoms with Gasteiger partial charge in [0, 0.05) is 5.69 Å². The van der Waals surface area contributed by atoms with Crippen LogP contribution in [-0.2, 0) is 16.1 Å². The van der Waals surface area contributed by atoms with E-state index in [0.717, 1.165) is 24.1 Å². The van der Waals surface area contributed by atoms with E-state index in [4.69, 9.17) is 4.74 Å². The lowest BCUT2D eigenvalue weighted by atomic mass is 9.98. The third kappa shape index (κ3) is 5.56. The number of benzene rings is 2. The molecule has 138 valence electrons. The summed E-state index contributed by atoms with van der Waals surface area (Å²) in [6, 6.07) is 14.0. The molecule has 0 bridgehead atoms. The molecule has 0 radical (unpaired) electrons. The molecule has 1 amide bonds. The minimum Gasteiger partial charge on any atom is -0.376 e. The maximum atomic E-state index is 13.6. The number of amides is 1. The highest BCUT2D eigenvalue weighted by Crippen LogP contribution is 2.22. The zero-order chi connectivity index (χ0) is 18.2. The number of carbonyl (C=O) groups excluding carboxylic acids is 1. The van der Waals surface area contributed by atoms with E-state index in [9.17, 15) is 9.18 Å². The minimum atomic E-state index is -0.442. The number of halogens is 1. The van der Waals surface area contributed by atoms with Crippen LogP contribution in [0.2, 0.25) is 0 Å². The van der Waals surface area contributed by atoms with Crippen LogP contribution in [0.1, 0.15) is 37.7 Å². The van der Waals surface area contributed by atoms with Crippen LogP contribution in [-0.4, -0.2) is 18.6 Å². The lowest BCUT2D eigenvalue weighted by Gasteiger charge is -2.22. The summed E-state index contributed by atoms with van der Waals surface area (Å²) in [5.41, 5.74) is 2.11. The molecule has 2 aromatic carbocycles. The van der Waals surface area contributed by atoms with Gasteiger partial charge in [-0.15, -0.1) is 0 Å². The number of hydrogen-bond acceptors (Lipinski definition) is 3. The van der Waals surface area contributed by atoms with Crippen LogP contribution < -0.4 is 10.6 Å². The van der Waals surface area contributed by atoms with Crippen molar-refractivity contribution >= 4 is 17.3 Å². The standard InChI is InChI=1S/C21H25FN2O2/c22-19-11-4-5-12-20(19)24-21(25)14-23-17-8-6-7-16(13-17)15-26-18-9-2-1-3-10-18/h4-8,11-13,18,23H,1-3,9-10,14-15H2,(H,24,25). The maximum Gasteiger partial charge on any atom is 0.243 e. The Morgan fingerprint density at radius 1 is 1.08 bits per heavy atom. The molecular formula is C21H25FN2O2. The van der Waals surface area contributed by atoms with Crippen molar-refractivity contribution in [2.45, 2.75) is 44.8 Å². The van der Waals surface area contributed by atoms with E-state index in [-0.39, 0.29) is 18.1 Å². The van der Waals surface area contributed by atoms with Gasteiger partial charge < -0.3 is 15.4 Å². The van der Waals surface area contributed by atoms with Gasteiger partial charge in [-0.05, 0) is 42.7 Å². The largest absolute Gasteiger partial charge is 0.376 e. The highest BCUT2D eigenvalue weighted by atomic mass is 19.1. The van der Waals surface area contributed by atoms with E-state index in [2.05, 4.69) is 10.6 Å². The minimum absolute atomic E-state index is 0.0707. The molecule has 1 aliphatic carbocycles. The molecule has 1 aliphatic rings. The van der Waals surface area contributed by atoms with Crippen molar-refractivity contribution in [3.05, 3.63) is 59.9 Å². The Bertz CT molecular complexity index is 729. The van der Waals surface area contributed by atoms with E-state index in [0.29, 0.717) is 12.7 Å². The Labute approximate surface area is 153 Å². The lowest BCUT2D eigenvalue weighted by molar-refractivity contribution is -0.114. The quantitative estimate of drug-likeness (QED) is 0.754. The average molecular weight is 356 g/mol. The number of ether oxygens (including phenoxy) is 1. The first-order chi connectivity index (χ1) is 12.7. The predicted molar refractivity (Wildman–Crippen MR) is 102 cm³/mol. The van der Waals surface area contributed by atoms with Crippen molar-refractivity contribution in [3.63, 3.8) is 0 Å². The van der Waals surface area contributed by atoms with Crippen molar-refractivity contribution in [1.29, 1.82) is 0 Å². The first-order valence-electron chi connectivity index (χ1n) is 9.19. The fraction of sp³-hybridized carbons (Fsp3) is 0.381. The summed E-state index contributed by atoms with van der Waals surface area (Å²) in [5, 5.41) is 5.63. The van der Waals surface area contributed by atoms with Gasteiger partial charge in [-0.2, -0.15) is 0 Å². The molecule has 0 heterocycles. The molecule has 0 atom stereocenters. The maximum absolute atomic E-state index is 13.6. The van der Waals surface area contributed by atoms with Crippen LogP contribution in [0.4, 0.5) is 15.8 Å². The van der Waals surface area contributed by atoms with Crippen molar-refractivity contribution < 1.29 is 13.9 Å². The monoisotopic (exact) mass is 356 g/mol. The number of rotatable bonds is 7. The molecule has 4 nitrogen and oxygen atoms in total. The summed E-state index contributed by atoms with van der Waals surface area (Å²) in [7, 11) is 0. The van der Waals surface area contributed by atoms with E-state index in [1.165, 1.54) is 31.4 Å². The summed E-state index contributed by atoms with van der Waals surface area (Å²) in [6.45, 7) is 0.656. The number of nitrogens with one attached hydrogen (secondary N) is 2. The van der Waals surface area contributed by atoms with Gasteiger partial charge in [-0.1, -0.05) is 43.5 Å². The van der Waals surface area contributed by atoms with Gasteiger partial charge in [0.2, 0.25) is 5.91 Å². The molecular weight excluding hydrogens is 331 g/mol. The molecule has 0 unspecified atom stereocenters. The molecule has 0 spiro atoms. The van der Waals surface area contributed by atoms with Gasteiger partial charge in [0.25, 0.3) is 0 Å². The second-order valence-corrected chi connectivity index (χ2v) is 6.65. The lowest BCUT2D eigenvalue weighted by Crippen LogP contribution is -2.22. The Morgan fingerprint density at radius 2 is 1.88 bits per heavy atom. The Hall–Kier alpha value is -2.40. The molecule has 0 aromatic heterocycles. The van der Waals surface area contributed by atoms with E-state index in [1.54, 1.807) is 12.1 Å². The summed E-state index contributed by atoms with van der Waals surface area (Å²) in [4.78, 5) is 12.0. The van der Waals surface area contributed by atoms with Gasteiger partial charge in [0.05, 0.1) is 24.9 Å². The van der Waals surface area contributed by atoms with Crippen molar-refractivity contribution in [3.8, 4) is 0 Å². The first kappa shape index (κ1) is 18.4. The molecule has 2 N–H and O–H groups in total. The van der Waals surface area contributed by atoms with E-state index in [1.807, 2.05) is 24.3 Å². The van der Waals surface area contributed by atoms with Crippen LogP contribution in [0.5, 0.6) is 0 Å². The van der Waals surface area contributed by atoms with Gasteiger partial charge in [0.1, 0.15) is 5.82 Å². The summed E-state index contributed by atoms with van der Waals surface area (Å²) in [6.07, 6.45) is 6.48. The second kappa shape index (κ2) is 9.34. The zero-order valence-electron chi connectivity index (χ0n) is 14.8. The third-order valence-corrected chi connectivity index (χ3v) is 4.57. The fourth-order valence-corrected chi connectivity index (χ4v) is 3.16. The predicted octanol–water partition coefficient (Wildman–Crippen LogP) is 4.73. The van der Waals surface area contributed by atoms with Gasteiger partial charge in [0.15, 0.2) is 0 Å². The van der Waals surface area contributed by atoms with Gasteiger partial charge >= 0.3 is 0 Å². The number of hydrogen-bond donors (Lipinski definition) is 2. The highest BCUT2D eigenvalue weighted by Gasteiger charge is 2.13. The van der Waals surface area contributed by atoms with Crippen LogP contribution >= 0.6 is 0 Å². The smallest absolute Gasteiger partial charge is 0.243 e. The summed E-state index contributed by atoms with van der Waals surface area (Å²) in [5.74, 6) is -0.735. The van der Waals surface area contributed by atoms with Crippen LogP contribution in [0.25, 0.3) is 0 Å². The van der Waals surface area contributed by atoms with Crippen LogP contribution in [0.3, 0.4) is 0 Å². The first-order valence-corrected chi connectivity index (χ1v) is 9.19. The van der Waals surface area contributed by atoms with Crippen LogP contribution in [0.15, 0.2) is 48.5 Å². The molecule has 1 fully saturated rings. The second-order valence-electron chi connectivity index (χ2n) is 6.65. The fourth-order valence-electron chi connectivity index (χ4n) is 3.16. The number of anilines is 2. The van der Waals surface area contributed by atoms with Crippen LogP contribution in [0, 0.1) is 5.82 Å². The van der Waals surface area contributed by atoms with E-state index < -0.39 is 5.82 Å². The Morgan fingerprint density at radius 3 is 2.69 bits per heavy atom. The topological polar surface area (TPSA) is 50.4 Å². The van der Waals surface area contributed by atoms with Crippen molar-refractivity contribution in [2.75, 3.05) is 17.2 Å². The number of para-hydroxylation sites is 1. The third-order valence-electron chi connectivity index (χ3n) is 4.57. The number of carbonyl (C=O) groups is 1. The highest BCUT2D eigenvalue weighted by molar-refractivity contribution is 5.93. The van der Waals surface area contributed by atoms with Gasteiger partial charge in [-0.3, -0.25) is 4.79 Å². The SMILES string of the molecule is O=C(CNc1cccc(COC2CCCCC2)c1)Nc1ccccc1F. The molecule has 1 saturated carbocycles. The van der Waals surface area contributed by atoms with Crippen molar-refractivity contribution in [1.82, 2.24) is 0 Å². The Balaban J connectivity index is 1.47. The molecule has 26 heavy (non-hydrogen) atoms. The van der Waals surface area contributed by atoms with Gasteiger partial charge in [-0.25, -0.2) is 4.39 Å². The molecule has 0 saturated heterocycles. The molecule has 0 aliphatic heterocycles. The molecule has 3 rings (SSSR count). The summed E-state index contributed by atoms with van der Waals surface area (Å²) >= 11 is 0. The summed E-state index contributed by atoms with van der Waals surface area (Å²) < 4.78 is 19.5. The zero-order valence-corrected chi connectivity index (χ0v) is 14.8. The molecule has 2 aromatic rings. The molecule has 5 heteroatoms. The van der Waals surface area contributed by atoms with Crippen molar-refractivity contribution in [2.24, 2.45) is 0 Å². The Kier molecular flexibility index (Phi) is 6.61. The average Bonchev–Trinajstić information content (AvgIpc) is 2.68.